The fourth-order valence-corrected chi connectivity index (χ4v) is 13.1. The van der Waals surface area contributed by atoms with Gasteiger partial charge in [-0.3, -0.25) is 4.79 Å². The van der Waals surface area contributed by atoms with Crippen molar-refractivity contribution in [3.05, 3.63) is 12.2 Å². The number of aliphatic hydroxyl groups excluding tert-OH is 2. The predicted octanol–water partition coefficient (Wildman–Crippen LogP) is 6.55. The molecule has 0 aromatic carbocycles. The van der Waals surface area contributed by atoms with Crippen LogP contribution in [0.1, 0.15) is 99.8 Å². The number of carboxylic acids is 1. The quantitative estimate of drug-likeness (QED) is 0.353. The molecule has 0 aliphatic heterocycles. The van der Waals surface area contributed by atoms with Gasteiger partial charge in [0.05, 0.1) is 18.1 Å². The van der Waals surface area contributed by atoms with Crippen LogP contribution >= 0.6 is 0 Å². The molecule has 0 aromatic rings. The van der Waals surface area contributed by atoms with Crippen LogP contribution in [0.2, 0.25) is 0 Å². The number of rotatable bonds is 6. The summed E-state index contributed by atoms with van der Waals surface area (Å²) in [5.74, 6) is 2.33. The van der Waals surface area contributed by atoms with Gasteiger partial charge >= 0.3 is 5.97 Å². The zero-order chi connectivity index (χ0) is 27.1. The van der Waals surface area contributed by atoms with E-state index in [-0.39, 0.29) is 33.7 Å². The van der Waals surface area contributed by atoms with Crippen LogP contribution in [0.25, 0.3) is 0 Å². The Morgan fingerprint density at radius 1 is 1.00 bits per heavy atom. The van der Waals surface area contributed by atoms with E-state index in [2.05, 4.69) is 55.0 Å². The molecule has 0 heterocycles. The van der Waals surface area contributed by atoms with Crippen LogP contribution in [-0.4, -0.2) is 33.5 Å². The number of carboxylic acid groups (broad SMARTS) is 1. The highest BCUT2D eigenvalue weighted by atomic mass is 16.4. The van der Waals surface area contributed by atoms with E-state index in [4.69, 9.17) is 0 Å². The largest absolute Gasteiger partial charge is 0.481 e. The summed E-state index contributed by atoms with van der Waals surface area (Å²) < 4.78 is 0. The van der Waals surface area contributed by atoms with E-state index >= 15 is 0 Å². The number of carbonyl (C=O) groups is 1. The van der Waals surface area contributed by atoms with E-state index in [1.165, 1.54) is 12.8 Å². The first-order valence-corrected chi connectivity index (χ1v) is 15.4. The Balaban J connectivity index is 1.35. The van der Waals surface area contributed by atoms with E-state index in [0.717, 1.165) is 49.5 Å². The number of allylic oxidation sites excluding steroid dienone is 1. The van der Waals surface area contributed by atoms with E-state index in [1.54, 1.807) is 0 Å². The Bertz CT molecular complexity index is 1020. The van der Waals surface area contributed by atoms with E-state index in [0.29, 0.717) is 35.5 Å². The lowest BCUT2D eigenvalue weighted by Gasteiger charge is -2.68. The molecule has 6 aliphatic carbocycles. The van der Waals surface area contributed by atoms with Crippen molar-refractivity contribution in [1.29, 1.82) is 0 Å². The zero-order valence-electron chi connectivity index (χ0n) is 24.4. The molecule has 0 radical (unpaired) electrons. The molecule has 0 aromatic heterocycles. The van der Waals surface area contributed by atoms with Gasteiger partial charge in [0.25, 0.3) is 0 Å². The molecule has 1 spiro atoms. The van der Waals surface area contributed by atoms with Gasteiger partial charge in [0.2, 0.25) is 0 Å². The van der Waals surface area contributed by atoms with Crippen LogP contribution in [0.5, 0.6) is 0 Å². The highest BCUT2D eigenvalue weighted by molar-refractivity contribution is 5.71. The summed E-state index contributed by atoms with van der Waals surface area (Å²) in [6, 6.07) is 0. The summed E-state index contributed by atoms with van der Waals surface area (Å²) in [6.45, 7) is 20.5. The second-order valence-electron chi connectivity index (χ2n) is 16.2. The highest BCUT2D eigenvalue weighted by Crippen LogP contribution is 2.97. The van der Waals surface area contributed by atoms with Crippen LogP contribution in [0.4, 0.5) is 0 Å². The Morgan fingerprint density at radius 2 is 1.68 bits per heavy atom. The lowest BCUT2D eigenvalue weighted by atomic mass is 9.36. The second kappa shape index (κ2) is 7.65. The molecular weight excluding hydrogens is 460 g/mol. The summed E-state index contributed by atoms with van der Waals surface area (Å²) in [4.78, 5) is 12.7. The van der Waals surface area contributed by atoms with Crippen molar-refractivity contribution in [2.45, 2.75) is 112 Å². The number of hydrogen-bond donors (Lipinski definition) is 3. The van der Waals surface area contributed by atoms with Gasteiger partial charge in [0.15, 0.2) is 0 Å². The summed E-state index contributed by atoms with van der Waals surface area (Å²) in [7, 11) is 0. The monoisotopic (exact) mass is 512 g/mol. The third-order valence-electron chi connectivity index (χ3n) is 15.0. The van der Waals surface area contributed by atoms with Crippen molar-refractivity contribution in [1.82, 2.24) is 0 Å². The maximum atomic E-state index is 12.7. The summed E-state index contributed by atoms with van der Waals surface area (Å²) in [6.07, 6.45) is 6.80. The first-order valence-electron chi connectivity index (χ1n) is 15.4. The van der Waals surface area contributed by atoms with Gasteiger partial charge in [-0.25, -0.2) is 0 Å². The fraction of sp³-hybridized carbons (Fsp3) is 0.909. The van der Waals surface area contributed by atoms with Crippen molar-refractivity contribution < 1.29 is 20.1 Å². The van der Waals surface area contributed by atoms with Gasteiger partial charge in [0.1, 0.15) is 0 Å². The lowest BCUT2D eigenvalue weighted by molar-refractivity contribution is -0.215. The molecule has 3 unspecified atom stereocenters. The van der Waals surface area contributed by atoms with Crippen molar-refractivity contribution in [2.24, 2.45) is 74.4 Å². The molecule has 0 amide bonds. The Hall–Kier alpha value is -0.870. The molecule has 0 saturated heterocycles. The molecule has 4 nitrogen and oxygen atoms in total. The summed E-state index contributed by atoms with van der Waals surface area (Å²) >= 11 is 0. The van der Waals surface area contributed by atoms with E-state index in [1.807, 2.05) is 0 Å². The maximum absolute atomic E-state index is 12.7. The van der Waals surface area contributed by atoms with Gasteiger partial charge in [0, 0.05) is 5.92 Å². The van der Waals surface area contributed by atoms with Crippen LogP contribution in [-0.2, 0) is 4.79 Å². The molecule has 6 fully saturated rings. The van der Waals surface area contributed by atoms with Crippen LogP contribution in [0, 0.1) is 74.4 Å². The predicted molar refractivity (Wildman–Crippen MR) is 146 cm³/mol. The average Bonchev–Trinajstić information content (AvgIpc) is 3.32. The summed E-state index contributed by atoms with van der Waals surface area (Å²) in [5, 5.41) is 33.1. The Morgan fingerprint density at radius 3 is 2.30 bits per heavy atom. The number of fused-ring (bicyclic) bond motifs is 4. The standard InChI is InChI=1S/C33H52O4/c1-17(2)18(3)9-10-19(28(36)37)25-22(34)16-32(8)31(25,7)14-11-20-26-27-21(33(20,27)32)15-23-29(4,5)24(35)12-13-30(23,26)6/h17,19-27,34-35H,3,9-16H2,1-2,4-8H3,(H,36,37)/t19-,20?,21?,22-,23+,24?,25+,26+,27-,30+,31-,32-,33-/m1/s1. The lowest BCUT2D eigenvalue weighted by Crippen LogP contribution is -2.64. The van der Waals surface area contributed by atoms with Gasteiger partial charge in [-0.2, -0.15) is 0 Å². The summed E-state index contributed by atoms with van der Waals surface area (Å²) in [5.41, 5.74) is 1.46. The molecule has 6 rings (SSSR count). The van der Waals surface area contributed by atoms with Crippen LogP contribution < -0.4 is 0 Å². The maximum Gasteiger partial charge on any atom is 0.306 e. The smallest absolute Gasteiger partial charge is 0.306 e. The minimum Gasteiger partial charge on any atom is -0.481 e. The number of hydrogen-bond acceptors (Lipinski definition) is 3. The molecule has 13 atom stereocenters. The van der Waals surface area contributed by atoms with E-state index < -0.39 is 18.0 Å². The van der Waals surface area contributed by atoms with Crippen LogP contribution in [0.15, 0.2) is 12.2 Å². The van der Waals surface area contributed by atoms with Crippen molar-refractivity contribution in [2.75, 3.05) is 0 Å². The minimum atomic E-state index is -0.736. The molecule has 4 heteroatoms. The Kier molecular flexibility index (Phi) is 5.45. The van der Waals surface area contributed by atoms with Crippen molar-refractivity contribution >= 4 is 5.97 Å². The molecule has 3 N–H and O–H groups in total. The minimum absolute atomic E-state index is 0.0196. The third-order valence-corrected chi connectivity index (χ3v) is 15.0. The SMILES string of the molecule is C=C(CC[C@@H](C(=O)O)[C@H]1[C@H](O)C[C@@]2(C)[C@@]34C5C[C@H]6C(C)(C)C(O)CC[C@]6(C)[C@@H](C3CC[C@]12C)[C@@H]54)C(C)C. The molecule has 208 valence electrons. The molecule has 0 bridgehead atoms. The van der Waals surface area contributed by atoms with Crippen LogP contribution in [0.3, 0.4) is 0 Å². The first kappa shape index (κ1) is 26.4. The van der Waals surface area contributed by atoms with Crippen molar-refractivity contribution in [3.63, 3.8) is 0 Å². The fourth-order valence-electron chi connectivity index (χ4n) is 13.1. The number of aliphatic hydroxyl groups is 2. The zero-order valence-corrected chi connectivity index (χ0v) is 24.4. The highest BCUT2D eigenvalue weighted by Gasteiger charge is 2.93. The normalized spacial score (nSPS) is 55.3. The molecule has 6 aliphatic rings. The average molecular weight is 513 g/mol. The van der Waals surface area contributed by atoms with Crippen molar-refractivity contribution in [3.8, 4) is 0 Å². The Labute approximate surface area is 224 Å². The third kappa shape index (κ3) is 2.81. The van der Waals surface area contributed by atoms with Gasteiger partial charge < -0.3 is 15.3 Å². The topological polar surface area (TPSA) is 77.8 Å². The second-order valence-corrected chi connectivity index (χ2v) is 16.2. The molecular formula is C33H52O4. The van der Waals surface area contributed by atoms with Gasteiger partial charge in [-0.05, 0) is 114 Å². The van der Waals surface area contributed by atoms with Gasteiger partial charge in [-0.1, -0.05) is 60.6 Å². The number of aliphatic carboxylic acids is 1. The van der Waals surface area contributed by atoms with E-state index in [9.17, 15) is 20.1 Å². The first-order chi connectivity index (χ1) is 17.1. The molecule has 37 heavy (non-hydrogen) atoms. The van der Waals surface area contributed by atoms with Gasteiger partial charge in [-0.15, -0.1) is 0 Å². The molecule has 6 saturated carbocycles.